The van der Waals surface area contributed by atoms with Gasteiger partial charge in [-0.05, 0) is 18.6 Å². The molecule has 21 heavy (non-hydrogen) atoms. The number of carbonyl (C=O) groups is 2. The van der Waals surface area contributed by atoms with Gasteiger partial charge in [0, 0.05) is 38.9 Å². The highest BCUT2D eigenvalue weighted by molar-refractivity contribution is 5.77. The first-order valence-corrected chi connectivity index (χ1v) is 7.09. The second kappa shape index (κ2) is 6.97. The minimum absolute atomic E-state index is 0.180. The summed E-state index contributed by atoms with van der Waals surface area (Å²) >= 11 is 0. The van der Waals surface area contributed by atoms with Crippen LogP contribution in [0.3, 0.4) is 0 Å². The lowest BCUT2D eigenvalue weighted by molar-refractivity contribution is -0.141. The van der Waals surface area contributed by atoms with Crippen LogP contribution in [0.4, 0.5) is 10.5 Å². The summed E-state index contributed by atoms with van der Waals surface area (Å²) in [7, 11) is 1.97. The third-order valence-electron chi connectivity index (χ3n) is 3.75. The number of likely N-dealkylation sites (N-methyl/N-ethyl adjacent to an activating group) is 1. The zero-order chi connectivity index (χ0) is 15.2. The second-order valence-electron chi connectivity index (χ2n) is 5.26. The average Bonchev–Trinajstić information content (AvgIpc) is 2.98. The summed E-state index contributed by atoms with van der Waals surface area (Å²) in [6.45, 7) is 2.04. The first kappa shape index (κ1) is 15.2. The van der Waals surface area contributed by atoms with Gasteiger partial charge in [-0.1, -0.05) is 18.2 Å². The van der Waals surface area contributed by atoms with Crippen molar-refractivity contribution in [3.63, 3.8) is 0 Å². The van der Waals surface area contributed by atoms with Crippen molar-refractivity contribution in [1.29, 1.82) is 0 Å². The summed E-state index contributed by atoms with van der Waals surface area (Å²) in [5.74, 6) is -1.25. The molecule has 1 fully saturated rings. The zero-order valence-corrected chi connectivity index (χ0v) is 12.2. The molecule has 114 valence electrons. The monoisotopic (exact) mass is 291 g/mol. The van der Waals surface area contributed by atoms with Crippen molar-refractivity contribution in [3.05, 3.63) is 30.3 Å². The van der Waals surface area contributed by atoms with Gasteiger partial charge >= 0.3 is 12.0 Å². The Balaban J connectivity index is 1.71. The van der Waals surface area contributed by atoms with Gasteiger partial charge in [0.2, 0.25) is 0 Å². The van der Waals surface area contributed by atoms with E-state index in [1.165, 1.54) is 0 Å². The molecule has 1 aliphatic heterocycles. The molecule has 0 bridgehead atoms. The topological polar surface area (TPSA) is 72.9 Å². The second-order valence-corrected chi connectivity index (χ2v) is 5.26. The number of carboxylic acid groups (broad SMARTS) is 1. The molecule has 0 spiro atoms. The minimum Gasteiger partial charge on any atom is -0.481 e. The number of aliphatic carboxylic acids is 1. The van der Waals surface area contributed by atoms with Crippen molar-refractivity contribution >= 4 is 17.7 Å². The SMILES string of the molecule is CN(CCNC(=O)N1CCC(C(=O)O)C1)c1ccccc1. The molecule has 1 saturated heterocycles. The number of nitrogens with zero attached hydrogens (tertiary/aromatic N) is 2. The van der Waals surface area contributed by atoms with Crippen molar-refractivity contribution in [1.82, 2.24) is 10.2 Å². The summed E-state index contributed by atoms with van der Waals surface area (Å²) in [4.78, 5) is 26.4. The molecule has 6 heteroatoms. The van der Waals surface area contributed by atoms with Gasteiger partial charge < -0.3 is 20.2 Å². The van der Waals surface area contributed by atoms with Gasteiger partial charge in [-0.25, -0.2) is 4.79 Å². The van der Waals surface area contributed by atoms with Crippen LogP contribution in [-0.2, 0) is 4.79 Å². The van der Waals surface area contributed by atoms with E-state index < -0.39 is 11.9 Å². The maximum atomic E-state index is 11.9. The molecule has 2 rings (SSSR count). The molecule has 0 aromatic heterocycles. The lowest BCUT2D eigenvalue weighted by atomic mass is 10.1. The smallest absolute Gasteiger partial charge is 0.317 e. The minimum atomic E-state index is -0.825. The molecule has 1 heterocycles. The van der Waals surface area contributed by atoms with E-state index in [0.717, 1.165) is 5.69 Å². The summed E-state index contributed by atoms with van der Waals surface area (Å²) in [6, 6.07) is 9.76. The molecule has 0 aliphatic carbocycles. The Morgan fingerprint density at radius 1 is 1.38 bits per heavy atom. The van der Waals surface area contributed by atoms with Crippen LogP contribution in [0.15, 0.2) is 30.3 Å². The summed E-state index contributed by atoms with van der Waals surface area (Å²) in [5, 5.41) is 11.8. The van der Waals surface area contributed by atoms with E-state index in [2.05, 4.69) is 10.2 Å². The molecule has 1 aliphatic rings. The van der Waals surface area contributed by atoms with Gasteiger partial charge in [0.25, 0.3) is 0 Å². The Labute approximate surface area is 124 Å². The fourth-order valence-corrected chi connectivity index (χ4v) is 2.40. The maximum absolute atomic E-state index is 11.9. The number of carboxylic acids is 1. The zero-order valence-electron chi connectivity index (χ0n) is 12.2. The Bertz CT molecular complexity index is 492. The number of nitrogens with one attached hydrogen (secondary N) is 1. The van der Waals surface area contributed by atoms with E-state index in [-0.39, 0.29) is 6.03 Å². The number of carbonyl (C=O) groups excluding carboxylic acids is 1. The average molecular weight is 291 g/mol. The predicted molar refractivity (Wildman–Crippen MR) is 80.4 cm³/mol. The quantitative estimate of drug-likeness (QED) is 0.856. The number of benzene rings is 1. The summed E-state index contributed by atoms with van der Waals surface area (Å²) < 4.78 is 0. The van der Waals surface area contributed by atoms with Crippen LogP contribution >= 0.6 is 0 Å². The van der Waals surface area contributed by atoms with E-state index in [4.69, 9.17) is 5.11 Å². The Kier molecular flexibility index (Phi) is 5.03. The van der Waals surface area contributed by atoms with Crippen LogP contribution in [-0.4, -0.2) is 55.2 Å². The van der Waals surface area contributed by atoms with E-state index in [0.29, 0.717) is 32.6 Å². The Hall–Kier alpha value is -2.24. The molecule has 1 atom stereocenters. The van der Waals surface area contributed by atoms with Gasteiger partial charge in [0.15, 0.2) is 0 Å². The highest BCUT2D eigenvalue weighted by atomic mass is 16.4. The first-order valence-electron chi connectivity index (χ1n) is 7.09. The number of para-hydroxylation sites is 1. The number of hydrogen-bond donors (Lipinski definition) is 2. The lowest BCUT2D eigenvalue weighted by Gasteiger charge is -2.21. The molecule has 2 amide bonds. The highest BCUT2D eigenvalue weighted by Crippen LogP contribution is 2.16. The lowest BCUT2D eigenvalue weighted by Crippen LogP contribution is -2.41. The molecular formula is C15H21N3O3. The standard InChI is InChI=1S/C15H21N3O3/c1-17(13-5-3-2-4-6-13)10-8-16-15(21)18-9-7-12(11-18)14(19)20/h2-6,12H,7-11H2,1H3,(H,16,21)(H,19,20). The number of rotatable bonds is 5. The van der Waals surface area contributed by atoms with Crippen LogP contribution in [0.1, 0.15) is 6.42 Å². The van der Waals surface area contributed by atoms with Gasteiger partial charge in [-0.2, -0.15) is 0 Å². The van der Waals surface area contributed by atoms with E-state index in [9.17, 15) is 9.59 Å². The van der Waals surface area contributed by atoms with E-state index in [1.807, 2.05) is 37.4 Å². The summed E-state index contributed by atoms with van der Waals surface area (Å²) in [5.41, 5.74) is 1.10. The fraction of sp³-hybridized carbons (Fsp3) is 0.467. The normalized spacial score (nSPS) is 17.6. The summed E-state index contributed by atoms with van der Waals surface area (Å²) in [6.07, 6.45) is 0.534. The van der Waals surface area contributed by atoms with E-state index in [1.54, 1.807) is 4.90 Å². The van der Waals surface area contributed by atoms with Crippen LogP contribution in [0.5, 0.6) is 0 Å². The molecule has 0 radical (unpaired) electrons. The van der Waals surface area contributed by atoms with Crippen molar-refractivity contribution in [2.45, 2.75) is 6.42 Å². The van der Waals surface area contributed by atoms with Gasteiger partial charge in [-0.3, -0.25) is 4.79 Å². The number of likely N-dealkylation sites (tertiary alicyclic amines) is 1. The largest absolute Gasteiger partial charge is 0.481 e. The molecule has 1 aromatic rings. The van der Waals surface area contributed by atoms with Crippen molar-refractivity contribution < 1.29 is 14.7 Å². The Morgan fingerprint density at radius 2 is 2.10 bits per heavy atom. The van der Waals surface area contributed by atoms with Crippen molar-refractivity contribution in [2.24, 2.45) is 5.92 Å². The number of anilines is 1. The Morgan fingerprint density at radius 3 is 2.71 bits per heavy atom. The number of amides is 2. The third kappa shape index (κ3) is 4.11. The molecule has 0 saturated carbocycles. The van der Waals surface area contributed by atoms with E-state index >= 15 is 0 Å². The van der Waals surface area contributed by atoms with Gasteiger partial charge in [0.05, 0.1) is 5.92 Å². The third-order valence-corrected chi connectivity index (χ3v) is 3.75. The number of hydrogen-bond acceptors (Lipinski definition) is 3. The predicted octanol–water partition coefficient (Wildman–Crippen LogP) is 1.24. The maximum Gasteiger partial charge on any atom is 0.317 e. The van der Waals surface area contributed by atoms with Crippen LogP contribution in [0.2, 0.25) is 0 Å². The molecule has 1 aromatic carbocycles. The molecule has 2 N–H and O–H groups in total. The van der Waals surface area contributed by atoms with Gasteiger partial charge in [-0.15, -0.1) is 0 Å². The van der Waals surface area contributed by atoms with Crippen LogP contribution in [0, 0.1) is 5.92 Å². The van der Waals surface area contributed by atoms with Crippen molar-refractivity contribution in [2.75, 3.05) is 38.1 Å². The van der Waals surface area contributed by atoms with Gasteiger partial charge in [0.1, 0.15) is 0 Å². The number of urea groups is 1. The van der Waals surface area contributed by atoms with Crippen molar-refractivity contribution in [3.8, 4) is 0 Å². The molecule has 6 nitrogen and oxygen atoms in total. The first-order chi connectivity index (χ1) is 10.1. The highest BCUT2D eigenvalue weighted by Gasteiger charge is 2.30. The molecular weight excluding hydrogens is 270 g/mol. The van der Waals surface area contributed by atoms with Crippen LogP contribution < -0.4 is 10.2 Å². The molecule has 1 unspecified atom stereocenters. The fourth-order valence-electron chi connectivity index (χ4n) is 2.40. The van der Waals surface area contributed by atoms with Crippen LogP contribution in [0.25, 0.3) is 0 Å².